The molecule has 1 atom stereocenters. The first-order valence-corrected chi connectivity index (χ1v) is 6.98. The molecule has 1 aromatic rings. The van der Waals surface area contributed by atoms with Crippen molar-refractivity contribution in [1.29, 1.82) is 0 Å². The molecule has 5 heteroatoms. The van der Waals surface area contributed by atoms with E-state index in [9.17, 15) is 14.0 Å². The Balaban J connectivity index is 1.77. The molecule has 2 fully saturated rings. The Morgan fingerprint density at radius 1 is 1.25 bits per heavy atom. The molecule has 1 unspecified atom stereocenters. The van der Waals surface area contributed by atoms with Crippen LogP contribution in [0.15, 0.2) is 24.3 Å². The van der Waals surface area contributed by atoms with E-state index in [4.69, 9.17) is 0 Å². The summed E-state index contributed by atoms with van der Waals surface area (Å²) >= 11 is 0. The van der Waals surface area contributed by atoms with E-state index in [1.165, 1.54) is 12.1 Å². The molecule has 1 aromatic carbocycles. The van der Waals surface area contributed by atoms with Gasteiger partial charge in [-0.3, -0.25) is 9.59 Å². The molecule has 2 amide bonds. The van der Waals surface area contributed by atoms with Gasteiger partial charge in [0, 0.05) is 13.1 Å². The zero-order valence-electron chi connectivity index (χ0n) is 11.2. The number of carbonyl (C=O) groups is 2. The summed E-state index contributed by atoms with van der Waals surface area (Å²) in [7, 11) is 0. The van der Waals surface area contributed by atoms with Crippen molar-refractivity contribution in [2.75, 3.05) is 13.1 Å². The number of halogens is 1. The van der Waals surface area contributed by atoms with Gasteiger partial charge in [-0.05, 0) is 37.0 Å². The molecule has 0 bridgehead atoms. The zero-order valence-corrected chi connectivity index (χ0v) is 11.2. The number of piperidine rings is 1. The fourth-order valence-corrected chi connectivity index (χ4v) is 3.02. The summed E-state index contributed by atoms with van der Waals surface area (Å²) in [6.07, 6.45) is 2.69. The van der Waals surface area contributed by atoms with E-state index in [2.05, 4.69) is 0 Å². The quantitative estimate of drug-likeness (QED) is 0.822. The molecule has 2 saturated heterocycles. The first kappa shape index (κ1) is 13.1. The van der Waals surface area contributed by atoms with Gasteiger partial charge in [0.1, 0.15) is 18.4 Å². The van der Waals surface area contributed by atoms with Crippen molar-refractivity contribution in [3.05, 3.63) is 35.6 Å². The monoisotopic (exact) mass is 276 g/mol. The Labute approximate surface area is 117 Å². The van der Waals surface area contributed by atoms with E-state index in [1.54, 1.807) is 21.9 Å². The molecule has 4 nitrogen and oxygen atoms in total. The standard InChI is InChI=1S/C15H17FN2O2/c16-12-5-3-4-11(8-12)9-17-10-14(19)18-7-2-1-6-13(18)15(17)20/h3-5,8,13H,1-2,6-7,9-10H2. The van der Waals surface area contributed by atoms with Crippen LogP contribution in [0.5, 0.6) is 0 Å². The fraction of sp³-hybridized carbons (Fsp3) is 0.467. The second-order valence-electron chi connectivity index (χ2n) is 5.42. The Hall–Kier alpha value is -1.91. The third-order valence-electron chi connectivity index (χ3n) is 4.01. The number of hydrogen-bond donors (Lipinski definition) is 0. The molecule has 0 aromatic heterocycles. The summed E-state index contributed by atoms with van der Waals surface area (Å²) in [5.74, 6) is -0.322. The van der Waals surface area contributed by atoms with Crippen LogP contribution in [0.3, 0.4) is 0 Å². The summed E-state index contributed by atoms with van der Waals surface area (Å²) in [4.78, 5) is 27.8. The van der Waals surface area contributed by atoms with Crippen LogP contribution in [0, 0.1) is 5.82 Å². The summed E-state index contributed by atoms with van der Waals surface area (Å²) in [6.45, 7) is 1.08. The number of carbonyl (C=O) groups excluding carboxylic acids is 2. The molecule has 2 aliphatic heterocycles. The van der Waals surface area contributed by atoms with Crippen molar-refractivity contribution in [3.63, 3.8) is 0 Å². The smallest absolute Gasteiger partial charge is 0.246 e. The first-order valence-electron chi connectivity index (χ1n) is 6.98. The van der Waals surface area contributed by atoms with Gasteiger partial charge in [0.05, 0.1) is 0 Å². The van der Waals surface area contributed by atoms with Gasteiger partial charge in [-0.1, -0.05) is 12.1 Å². The van der Waals surface area contributed by atoms with Crippen LogP contribution in [0.2, 0.25) is 0 Å². The van der Waals surface area contributed by atoms with Crippen LogP contribution in [-0.2, 0) is 16.1 Å². The molecule has 0 saturated carbocycles. The van der Waals surface area contributed by atoms with Gasteiger partial charge in [0.2, 0.25) is 11.8 Å². The Morgan fingerprint density at radius 3 is 2.90 bits per heavy atom. The van der Waals surface area contributed by atoms with E-state index in [0.29, 0.717) is 13.1 Å². The van der Waals surface area contributed by atoms with Crippen molar-refractivity contribution in [3.8, 4) is 0 Å². The fourth-order valence-electron chi connectivity index (χ4n) is 3.02. The van der Waals surface area contributed by atoms with E-state index >= 15 is 0 Å². The number of benzene rings is 1. The lowest BCUT2D eigenvalue weighted by atomic mass is 9.98. The van der Waals surface area contributed by atoms with Crippen molar-refractivity contribution < 1.29 is 14.0 Å². The van der Waals surface area contributed by atoms with Crippen molar-refractivity contribution in [2.45, 2.75) is 31.8 Å². The van der Waals surface area contributed by atoms with Crippen LogP contribution in [0.25, 0.3) is 0 Å². The molecule has 106 valence electrons. The van der Waals surface area contributed by atoms with Crippen LogP contribution in [0.4, 0.5) is 4.39 Å². The van der Waals surface area contributed by atoms with Gasteiger partial charge >= 0.3 is 0 Å². The highest BCUT2D eigenvalue weighted by atomic mass is 19.1. The second kappa shape index (κ2) is 5.23. The van der Waals surface area contributed by atoms with E-state index < -0.39 is 0 Å². The molecular weight excluding hydrogens is 259 g/mol. The minimum Gasteiger partial charge on any atom is -0.329 e. The highest BCUT2D eigenvalue weighted by molar-refractivity contribution is 5.95. The Morgan fingerprint density at radius 2 is 2.10 bits per heavy atom. The maximum absolute atomic E-state index is 13.2. The van der Waals surface area contributed by atoms with Crippen molar-refractivity contribution in [1.82, 2.24) is 9.80 Å². The lowest BCUT2D eigenvalue weighted by Gasteiger charge is -2.42. The minimum absolute atomic E-state index is 0.00528. The van der Waals surface area contributed by atoms with E-state index in [-0.39, 0.29) is 30.2 Å². The molecule has 3 rings (SSSR count). The lowest BCUT2D eigenvalue weighted by Crippen LogP contribution is -2.60. The van der Waals surface area contributed by atoms with Crippen LogP contribution in [0.1, 0.15) is 24.8 Å². The summed E-state index contributed by atoms with van der Waals surface area (Å²) in [5.41, 5.74) is 0.718. The van der Waals surface area contributed by atoms with E-state index in [0.717, 1.165) is 24.8 Å². The highest BCUT2D eigenvalue weighted by Gasteiger charge is 2.40. The number of piperazine rings is 1. The van der Waals surface area contributed by atoms with Crippen molar-refractivity contribution >= 4 is 11.8 Å². The summed E-state index contributed by atoms with van der Waals surface area (Å²) < 4.78 is 13.2. The average molecular weight is 276 g/mol. The van der Waals surface area contributed by atoms with E-state index in [1.807, 2.05) is 0 Å². The molecular formula is C15H17FN2O2. The highest BCUT2D eigenvalue weighted by Crippen LogP contribution is 2.24. The van der Waals surface area contributed by atoms with Gasteiger partial charge < -0.3 is 9.80 Å². The molecule has 20 heavy (non-hydrogen) atoms. The maximum Gasteiger partial charge on any atom is 0.246 e. The summed E-state index contributed by atoms with van der Waals surface area (Å²) in [5, 5.41) is 0. The first-order chi connectivity index (χ1) is 9.65. The zero-order chi connectivity index (χ0) is 14.1. The largest absolute Gasteiger partial charge is 0.329 e. The molecule has 0 N–H and O–H groups in total. The third kappa shape index (κ3) is 2.40. The van der Waals surface area contributed by atoms with Gasteiger partial charge in [-0.15, -0.1) is 0 Å². The number of fused-ring (bicyclic) bond motifs is 1. The number of nitrogens with zero attached hydrogens (tertiary/aromatic N) is 2. The van der Waals surface area contributed by atoms with Crippen molar-refractivity contribution in [2.24, 2.45) is 0 Å². The SMILES string of the molecule is O=C1C2CCCCN2C(=O)CN1Cc1cccc(F)c1. The lowest BCUT2D eigenvalue weighted by molar-refractivity contribution is -0.158. The molecule has 0 aliphatic carbocycles. The predicted octanol–water partition coefficient (Wildman–Crippen LogP) is 1.55. The molecule has 0 radical (unpaired) electrons. The van der Waals surface area contributed by atoms with Gasteiger partial charge in [0.15, 0.2) is 0 Å². The third-order valence-corrected chi connectivity index (χ3v) is 4.01. The van der Waals surface area contributed by atoms with Gasteiger partial charge in [-0.25, -0.2) is 4.39 Å². The average Bonchev–Trinajstić information content (AvgIpc) is 2.45. The number of amides is 2. The predicted molar refractivity (Wildman–Crippen MR) is 71.2 cm³/mol. The van der Waals surface area contributed by atoms with Crippen LogP contribution < -0.4 is 0 Å². The number of rotatable bonds is 2. The van der Waals surface area contributed by atoms with Gasteiger partial charge in [0.25, 0.3) is 0 Å². The normalized spacial score (nSPS) is 22.9. The Kier molecular flexibility index (Phi) is 3.42. The Bertz CT molecular complexity index is 546. The topological polar surface area (TPSA) is 40.6 Å². The molecule has 2 heterocycles. The minimum atomic E-state index is -0.322. The van der Waals surface area contributed by atoms with Gasteiger partial charge in [-0.2, -0.15) is 0 Å². The number of hydrogen-bond acceptors (Lipinski definition) is 2. The molecule has 2 aliphatic rings. The maximum atomic E-state index is 13.2. The van der Waals surface area contributed by atoms with Crippen LogP contribution >= 0.6 is 0 Å². The van der Waals surface area contributed by atoms with Crippen LogP contribution in [-0.4, -0.2) is 40.7 Å². The summed E-state index contributed by atoms with van der Waals surface area (Å²) in [6, 6.07) is 5.86. The molecule has 0 spiro atoms. The second-order valence-corrected chi connectivity index (χ2v) is 5.42.